The van der Waals surface area contributed by atoms with E-state index in [0.29, 0.717) is 11.1 Å². The summed E-state index contributed by atoms with van der Waals surface area (Å²) in [5, 5.41) is 3.03. The summed E-state index contributed by atoms with van der Waals surface area (Å²) < 4.78 is 4.65. The van der Waals surface area contributed by atoms with Crippen molar-refractivity contribution in [3.63, 3.8) is 0 Å². The molecule has 1 unspecified atom stereocenters. The zero-order valence-corrected chi connectivity index (χ0v) is 13.4. The molecule has 1 amide bonds. The molecule has 2 aromatic rings. The van der Waals surface area contributed by atoms with Gasteiger partial charge in [-0.05, 0) is 42.8 Å². The fraction of sp³-hybridized carbons (Fsp3) is 0.278. The van der Waals surface area contributed by atoms with Crippen molar-refractivity contribution in [1.82, 2.24) is 10.3 Å². The Morgan fingerprint density at radius 2 is 1.92 bits per heavy atom. The molecular weight excluding hydrogens is 306 g/mol. The molecule has 1 saturated heterocycles. The van der Waals surface area contributed by atoms with Crippen LogP contribution < -0.4 is 10.2 Å². The molecule has 1 fully saturated rings. The summed E-state index contributed by atoms with van der Waals surface area (Å²) >= 11 is 0. The molecule has 0 aliphatic carbocycles. The highest BCUT2D eigenvalue weighted by Gasteiger charge is 2.25. The van der Waals surface area contributed by atoms with E-state index >= 15 is 0 Å². The number of hydrogen-bond donors (Lipinski definition) is 1. The van der Waals surface area contributed by atoms with Gasteiger partial charge in [-0.3, -0.25) is 4.79 Å². The van der Waals surface area contributed by atoms with Crippen LogP contribution in [0.15, 0.2) is 48.7 Å². The van der Waals surface area contributed by atoms with Gasteiger partial charge in [0.05, 0.1) is 12.7 Å². The number of esters is 1. The van der Waals surface area contributed by atoms with Crippen molar-refractivity contribution in [3.05, 3.63) is 59.8 Å². The van der Waals surface area contributed by atoms with Gasteiger partial charge < -0.3 is 15.0 Å². The van der Waals surface area contributed by atoms with Gasteiger partial charge in [-0.1, -0.05) is 6.07 Å². The first-order chi connectivity index (χ1) is 11.7. The molecule has 1 atom stereocenters. The molecule has 3 rings (SSSR count). The van der Waals surface area contributed by atoms with Gasteiger partial charge in [0.15, 0.2) is 0 Å². The lowest BCUT2D eigenvalue weighted by molar-refractivity contribution is 0.0600. The zero-order chi connectivity index (χ0) is 16.9. The molecule has 0 radical (unpaired) electrons. The van der Waals surface area contributed by atoms with E-state index in [1.165, 1.54) is 7.11 Å². The second kappa shape index (κ2) is 7.12. The molecule has 1 aromatic carbocycles. The number of benzene rings is 1. The van der Waals surface area contributed by atoms with E-state index in [4.69, 9.17) is 0 Å². The highest BCUT2D eigenvalue weighted by molar-refractivity contribution is 5.96. The minimum atomic E-state index is -0.413. The van der Waals surface area contributed by atoms with Gasteiger partial charge in [0.2, 0.25) is 0 Å². The average molecular weight is 325 g/mol. The number of carbonyl (C=O) groups excluding carboxylic acids is 2. The molecule has 1 aromatic heterocycles. The molecule has 0 spiro atoms. The van der Waals surface area contributed by atoms with Crippen LogP contribution in [0.25, 0.3) is 0 Å². The maximum atomic E-state index is 12.3. The van der Waals surface area contributed by atoms with E-state index in [-0.39, 0.29) is 11.9 Å². The normalized spacial score (nSPS) is 16.7. The van der Waals surface area contributed by atoms with Gasteiger partial charge in [0.25, 0.3) is 5.91 Å². The van der Waals surface area contributed by atoms with Crippen molar-refractivity contribution in [2.24, 2.45) is 0 Å². The van der Waals surface area contributed by atoms with E-state index < -0.39 is 5.97 Å². The lowest BCUT2D eigenvalue weighted by Crippen LogP contribution is -2.37. The summed E-state index contributed by atoms with van der Waals surface area (Å²) in [6, 6.07) is 12.3. The van der Waals surface area contributed by atoms with Crippen molar-refractivity contribution in [1.29, 1.82) is 0 Å². The molecule has 2 heterocycles. The van der Waals surface area contributed by atoms with Gasteiger partial charge in [0.1, 0.15) is 5.82 Å². The van der Waals surface area contributed by atoms with E-state index in [2.05, 4.69) is 19.9 Å². The number of carbonyl (C=O) groups is 2. The fourth-order valence-corrected chi connectivity index (χ4v) is 2.77. The number of aromatic nitrogens is 1. The Balaban J connectivity index is 1.58. The number of anilines is 1. The van der Waals surface area contributed by atoms with E-state index in [0.717, 1.165) is 25.3 Å². The van der Waals surface area contributed by atoms with Gasteiger partial charge in [-0.15, -0.1) is 0 Å². The second-order valence-electron chi connectivity index (χ2n) is 5.66. The summed E-state index contributed by atoms with van der Waals surface area (Å²) in [6.07, 6.45) is 2.65. The molecule has 1 aliphatic heterocycles. The van der Waals surface area contributed by atoms with Crippen LogP contribution in [0.4, 0.5) is 5.82 Å². The zero-order valence-electron chi connectivity index (χ0n) is 13.4. The smallest absolute Gasteiger partial charge is 0.337 e. The predicted molar refractivity (Wildman–Crippen MR) is 90.1 cm³/mol. The fourth-order valence-electron chi connectivity index (χ4n) is 2.77. The molecule has 6 heteroatoms. The first kappa shape index (κ1) is 16.0. The maximum Gasteiger partial charge on any atom is 0.337 e. The van der Waals surface area contributed by atoms with Crippen molar-refractivity contribution < 1.29 is 14.3 Å². The Morgan fingerprint density at radius 3 is 2.58 bits per heavy atom. The van der Waals surface area contributed by atoms with Crippen LogP contribution in [0.3, 0.4) is 0 Å². The number of nitrogens with one attached hydrogen (secondary N) is 1. The van der Waals surface area contributed by atoms with Crippen molar-refractivity contribution in [2.45, 2.75) is 12.5 Å². The largest absolute Gasteiger partial charge is 0.465 e. The van der Waals surface area contributed by atoms with Crippen LogP contribution in [0.5, 0.6) is 0 Å². The number of pyridine rings is 1. The lowest BCUT2D eigenvalue weighted by Gasteiger charge is -2.17. The molecule has 24 heavy (non-hydrogen) atoms. The Labute approximate surface area is 140 Å². The van der Waals surface area contributed by atoms with Gasteiger partial charge in [0, 0.05) is 30.9 Å². The lowest BCUT2D eigenvalue weighted by atomic mass is 10.1. The van der Waals surface area contributed by atoms with Crippen molar-refractivity contribution in [3.8, 4) is 0 Å². The number of rotatable bonds is 4. The number of hydrogen-bond acceptors (Lipinski definition) is 5. The first-order valence-corrected chi connectivity index (χ1v) is 7.82. The Bertz CT molecular complexity index is 716. The van der Waals surface area contributed by atoms with Gasteiger partial charge in [-0.2, -0.15) is 0 Å². The van der Waals surface area contributed by atoms with Crippen LogP contribution >= 0.6 is 0 Å². The van der Waals surface area contributed by atoms with E-state index in [1.807, 2.05) is 18.2 Å². The number of methoxy groups -OCH3 is 1. The molecule has 1 aliphatic rings. The number of ether oxygens (including phenoxy) is 1. The van der Waals surface area contributed by atoms with Crippen LogP contribution in [-0.4, -0.2) is 43.1 Å². The summed E-state index contributed by atoms with van der Waals surface area (Å²) in [6.45, 7) is 1.60. The standard InChI is InChI=1S/C18H19N3O3/c1-24-18(23)14-7-5-13(6-8-14)17(22)20-15-9-11-21(12-15)16-4-2-3-10-19-16/h2-8,10,15H,9,11-12H2,1H3,(H,20,22). The third-order valence-electron chi connectivity index (χ3n) is 4.06. The topological polar surface area (TPSA) is 71.5 Å². The third kappa shape index (κ3) is 3.53. The molecule has 0 bridgehead atoms. The monoisotopic (exact) mass is 325 g/mol. The van der Waals surface area contributed by atoms with Crippen LogP contribution in [0.1, 0.15) is 27.1 Å². The Morgan fingerprint density at radius 1 is 1.17 bits per heavy atom. The molecule has 0 saturated carbocycles. The SMILES string of the molecule is COC(=O)c1ccc(C(=O)NC2CCN(c3ccccn3)C2)cc1. The summed E-state index contributed by atoms with van der Waals surface area (Å²) in [7, 11) is 1.33. The summed E-state index contributed by atoms with van der Waals surface area (Å²) in [5.41, 5.74) is 0.954. The quantitative estimate of drug-likeness (QED) is 0.869. The molecule has 6 nitrogen and oxygen atoms in total. The van der Waals surface area contributed by atoms with Crippen molar-refractivity contribution >= 4 is 17.7 Å². The number of nitrogens with zero attached hydrogens (tertiary/aromatic N) is 2. The van der Waals surface area contributed by atoms with Crippen LogP contribution in [-0.2, 0) is 4.74 Å². The van der Waals surface area contributed by atoms with E-state index in [1.54, 1.807) is 30.5 Å². The average Bonchev–Trinajstić information content (AvgIpc) is 3.10. The minimum Gasteiger partial charge on any atom is -0.465 e. The molecular formula is C18H19N3O3. The highest BCUT2D eigenvalue weighted by Crippen LogP contribution is 2.17. The Hall–Kier alpha value is -2.89. The van der Waals surface area contributed by atoms with Crippen LogP contribution in [0, 0.1) is 0 Å². The summed E-state index contributed by atoms with van der Waals surface area (Å²) in [5.74, 6) is 0.375. The molecule has 1 N–H and O–H groups in total. The maximum absolute atomic E-state index is 12.3. The van der Waals surface area contributed by atoms with Gasteiger partial charge >= 0.3 is 5.97 Å². The first-order valence-electron chi connectivity index (χ1n) is 7.82. The molecule has 124 valence electrons. The number of amides is 1. The predicted octanol–water partition coefficient (Wildman–Crippen LogP) is 1.88. The summed E-state index contributed by atoms with van der Waals surface area (Å²) in [4.78, 5) is 30.2. The van der Waals surface area contributed by atoms with Crippen LogP contribution in [0.2, 0.25) is 0 Å². The van der Waals surface area contributed by atoms with Crippen molar-refractivity contribution in [2.75, 3.05) is 25.1 Å². The Kier molecular flexibility index (Phi) is 4.74. The van der Waals surface area contributed by atoms with E-state index in [9.17, 15) is 9.59 Å². The second-order valence-corrected chi connectivity index (χ2v) is 5.66. The minimum absolute atomic E-state index is 0.0831. The third-order valence-corrected chi connectivity index (χ3v) is 4.06. The highest BCUT2D eigenvalue weighted by atomic mass is 16.5. The van der Waals surface area contributed by atoms with Gasteiger partial charge in [-0.25, -0.2) is 9.78 Å².